The predicted molar refractivity (Wildman–Crippen MR) is 74.7 cm³/mol. The van der Waals surface area contributed by atoms with Crippen LogP contribution in [0.15, 0.2) is 24.3 Å². The van der Waals surface area contributed by atoms with Crippen molar-refractivity contribution < 1.29 is 4.79 Å². The van der Waals surface area contributed by atoms with Crippen LogP contribution in [-0.4, -0.2) is 24.0 Å². The Morgan fingerprint density at radius 2 is 2.20 bits per heavy atom. The third-order valence-corrected chi connectivity index (χ3v) is 3.26. The lowest BCUT2D eigenvalue weighted by Gasteiger charge is -2.42. The summed E-state index contributed by atoms with van der Waals surface area (Å²) in [5, 5.41) is 21.0. The zero-order chi connectivity index (χ0) is 14.8. The third kappa shape index (κ3) is 2.79. The first-order chi connectivity index (χ1) is 9.46. The van der Waals surface area contributed by atoms with E-state index in [1.807, 2.05) is 26.0 Å². The molecule has 0 bridgehead atoms. The number of nitrogens with zero attached hydrogens (tertiary/aromatic N) is 3. The van der Waals surface area contributed by atoms with Crippen LogP contribution in [0.3, 0.4) is 0 Å². The first-order valence-corrected chi connectivity index (χ1v) is 6.43. The van der Waals surface area contributed by atoms with Gasteiger partial charge in [-0.3, -0.25) is 10.1 Å². The molecule has 1 atom stereocenters. The number of benzene rings is 1. The van der Waals surface area contributed by atoms with Crippen molar-refractivity contribution in [1.29, 1.82) is 10.5 Å². The molecule has 20 heavy (non-hydrogen) atoms. The van der Waals surface area contributed by atoms with Crippen LogP contribution in [0.2, 0.25) is 0 Å². The Morgan fingerprint density at radius 3 is 2.85 bits per heavy atom. The van der Waals surface area contributed by atoms with Crippen LogP contribution in [0, 0.1) is 22.7 Å². The summed E-state index contributed by atoms with van der Waals surface area (Å²) in [5.41, 5.74) is 0.938. The first kappa shape index (κ1) is 14.0. The maximum atomic E-state index is 12.4. The van der Waals surface area contributed by atoms with Gasteiger partial charge in [0.2, 0.25) is 5.91 Å². The Balaban J connectivity index is 2.36. The van der Waals surface area contributed by atoms with E-state index in [9.17, 15) is 4.79 Å². The van der Waals surface area contributed by atoms with E-state index in [4.69, 9.17) is 10.5 Å². The van der Waals surface area contributed by atoms with Gasteiger partial charge in [0.15, 0.2) is 0 Å². The van der Waals surface area contributed by atoms with Crippen LogP contribution in [0.5, 0.6) is 0 Å². The highest BCUT2D eigenvalue weighted by molar-refractivity contribution is 5.98. The summed E-state index contributed by atoms with van der Waals surface area (Å²) in [7, 11) is 0. The minimum atomic E-state index is -0.505. The molecular formula is C15H16N4O. The summed E-state index contributed by atoms with van der Waals surface area (Å²) >= 11 is 0. The van der Waals surface area contributed by atoms with Gasteiger partial charge in [0.25, 0.3) is 0 Å². The molecule has 1 aliphatic heterocycles. The van der Waals surface area contributed by atoms with Crippen molar-refractivity contribution in [3.05, 3.63) is 29.8 Å². The minimum Gasteiger partial charge on any atom is -0.309 e. The predicted octanol–water partition coefficient (Wildman–Crippen LogP) is 1.56. The fourth-order valence-electron chi connectivity index (χ4n) is 2.43. The van der Waals surface area contributed by atoms with E-state index in [-0.39, 0.29) is 17.9 Å². The molecule has 1 aromatic carbocycles. The number of piperazine rings is 1. The smallest absolute Gasteiger partial charge is 0.245 e. The zero-order valence-electron chi connectivity index (χ0n) is 11.6. The van der Waals surface area contributed by atoms with Crippen LogP contribution in [0.1, 0.15) is 25.8 Å². The number of rotatable bonds is 2. The van der Waals surface area contributed by atoms with Crippen molar-refractivity contribution >= 4 is 11.6 Å². The average Bonchev–Trinajstić information content (AvgIpc) is 2.42. The number of anilines is 1. The van der Waals surface area contributed by atoms with Gasteiger partial charge in [0, 0.05) is 17.8 Å². The molecular weight excluding hydrogens is 252 g/mol. The Labute approximate surface area is 118 Å². The monoisotopic (exact) mass is 268 g/mol. The van der Waals surface area contributed by atoms with Crippen LogP contribution in [-0.2, 0) is 4.79 Å². The van der Waals surface area contributed by atoms with Gasteiger partial charge in [-0.2, -0.15) is 10.5 Å². The van der Waals surface area contributed by atoms with Gasteiger partial charge >= 0.3 is 0 Å². The maximum Gasteiger partial charge on any atom is 0.245 e. The molecule has 0 aliphatic carbocycles. The fourth-order valence-corrected chi connectivity index (χ4v) is 2.43. The number of hydrogen-bond donors (Lipinski definition) is 1. The van der Waals surface area contributed by atoms with Crippen molar-refractivity contribution in [2.75, 3.05) is 11.4 Å². The number of carbonyl (C=O) groups is 1. The summed E-state index contributed by atoms with van der Waals surface area (Å²) in [6, 6.07) is 10.6. The van der Waals surface area contributed by atoms with E-state index < -0.39 is 6.04 Å². The fraction of sp³-hybridized carbons (Fsp3) is 0.400. The molecule has 1 amide bonds. The highest BCUT2D eigenvalue weighted by atomic mass is 16.2. The molecule has 0 aromatic heterocycles. The minimum absolute atomic E-state index is 0.124. The van der Waals surface area contributed by atoms with Crippen LogP contribution < -0.4 is 10.2 Å². The van der Waals surface area contributed by atoms with E-state index in [2.05, 4.69) is 11.4 Å². The molecule has 0 saturated carbocycles. The highest BCUT2D eigenvalue weighted by Crippen LogP contribution is 2.24. The molecule has 1 aromatic rings. The van der Waals surface area contributed by atoms with Crippen LogP contribution in [0.25, 0.3) is 0 Å². The van der Waals surface area contributed by atoms with Gasteiger partial charge < -0.3 is 4.90 Å². The van der Waals surface area contributed by atoms with Crippen molar-refractivity contribution in [1.82, 2.24) is 5.32 Å². The van der Waals surface area contributed by atoms with Gasteiger partial charge in [-0.15, -0.1) is 0 Å². The number of amides is 1. The Morgan fingerprint density at radius 1 is 1.45 bits per heavy atom. The van der Waals surface area contributed by atoms with Gasteiger partial charge in [-0.1, -0.05) is 6.07 Å². The Bertz CT molecular complexity index is 609. The zero-order valence-corrected chi connectivity index (χ0v) is 11.6. The first-order valence-electron chi connectivity index (χ1n) is 6.43. The second kappa shape index (κ2) is 5.32. The lowest BCUT2D eigenvalue weighted by atomic mass is 9.96. The maximum absolute atomic E-state index is 12.4. The van der Waals surface area contributed by atoms with Gasteiger partial charge in [-0.05, 0) is 32.0 Å². The summed E-state index contributed by atoms with van der Waals surface area (Å²) in [5.74, 6) is -0.124. The van der Waals surface area contributed by atoms with Gasteiger partial charge in [0.05, 0.1) is 24.1 Å². The lowest BCUT2D eigenvalue weighted by molar-refractivity contribution is -0.122. The molecule has 1 heterocycles. The molecule has 1 aliphatic rings. The summed E-state index contributed by atoms with van der Waals surface area (Å²) in [4.78, 5) is 14.1. The van der Waals surface area contributed by atoms with E-state index in [1.165, 1.54) is 0 Å². The quantitative estimate of drug-likeness (QED) is 0.882. The topological polar surface area (TPSA) is 79.9 Å². The number of nitriles is 2. The molecule has 5 nitrogen and oxygen atoms in total. The van der Waals surface area contributed by atoms with E-state index >= 15 is 0 Å². The van der Waals surface area contributed by atoms with Crippen molar-refractivity contribution in [3.63, 3.8) is 0 Å². The number of hydrogen-bond acceptors (Lipinski definition) is 4. The number of carbonyl (C=O) groups excluding carboxylic acids is 1. The molecule has 5 heteroatoms. The Kier molecular flexibility index (Phi) is 3.74. The van der Waals surface area contributed by atoms with Crippen LogP contribution in [0.4, 0.5) is 5.69 Å². The van der Waals surface area contributed by atoms with Gasteiger partial charge in [0.1, 0.15) is 6.04 Å². The standard InChI is InChI=1S/C15H16N4O/c1-15(2)10-19(14(20)13(18-15)6-7-16)12-5-3-4-11(8-12)9-17/h3-5,8,13,18H,6,10H2,1-2H3. The molecule has 102 valence electrons. The van der Waals surface area contributed by atoms with Crippen molar-refractivity contribution in [2.45, 2.75) is 31.8 Å². The molecule has 0 spiro atoms. The largest absolute Gasteiger partial charge is 0.309 e. The normalized spacial score (nSPS) is 21.1. The van der Waals surface area contributed by atoms with E-state index in [0.717, 1.165) is 0 Å². The Hall–Kier alpha value is -2.37. The van der Waals surface area contributed by atoms with Crippen molar-refractivity contribution in [3.8, 4) is 12.1 Å². The van der Waals surface area contributed by atoms with Crippen LogP contribution >= 0.6 is 0 Å². The van der Waals surface area contributed by atoms with Gasteiger partial charge in [-0.25, -0.2) is 0 Å². The highest BCUT2D eigenvalue weighted by Gasteiger charge is 2.38. The number of nitrogens with one attached hydrogen (secondary N) is 1. The SMILES string of the molecule is CC1(C)CN(c2cccc(C#N)c2)C(=O)C(CC#N)N1. The summed E-state index contributed by atoms with van der Waals surface area (Å²) in [6.07, 6.45) is 0.136. The molecule has 2 rings (SSSR count). The summed E-state index contributed by atoms with van der Waals surface area (Å²) in [6.45, 7) is 4.48. The lowest BCUT2D eigenvalue weighted by Crippen LogP contribution is -2.65. The van der Waals surface area contributed by atoms with E-state index in [1.54, 1.807) is 23.1 Å². The average molecular weight is 268 g/mol. The molecule has 0 radical (unpaired) electrons. The molecule has 1 fully saturated rings. The molecule has 1 N–H and O–H groups in total. The summed E-state index contributed by atoms with van der Waals surface area (Å²) < 4.78 is 0. The molecule has 1 saturated heterocycles. The third-order valence-electron chi connectivity index (χ3n) is 3.26. The van der Waals surface area contributed by atoms with Crippen molar-refractivity contribution in [2.24, 2.45) is 0 Å². The second-order valence-electron chi connectivity index (χ2n) is 5.53. The molecule has 1 unspecified atom stereocenters. The van der Waals surface area contributed by atoms with E-state index in [0.29, 0.717) is 17.8 Å². The second-order valence-corrected chi connectivity index (χ2v) is 5.53.